The summed E-state index contributed by atoms with van der Waals surface area (Å²) in [5.41, 5.74) is 16.7. The first-order valence-corrected chi connectivity index (χ1v) is 22.0. The fourth-order valence-electron chi connectivity index (χ4n) is 7.41. The molecule has 0 unspecified atom stereocenters. The van der Waals surface area contributed by atoms with E-state index in [1.165, 1.54) is 4.90 Å². The highest BCUT2D eigenvalue weighted by molar-refractivity contribution is 5.99. The van der Waals surface area contributed by atoms with Gasteiger partial charge in [0, 0.05) is 13.1 Å². The molecule has 2 saturated heterocycles. The van der Waals surface area contributed by atoms with Crippen molar-refractivity contribution in [1.82, 2.24) is 42.1 Å². The Balaban J connectivity index is 2.69. The third-order valence-electron chi connectivity index (χ3n) is 10.5. The summed E-state index contributed by atoms with van der Waals surface area (Å²) in [5, 5.41) is 28.1. The van der Waals surface area contributed by atoms with Crippen molar-refractivity contribution in [3.63, 3.8) is 0 Å². The number of hydrogen-bond acceptors (Lipinski definition) is 11. The van der Waals surface area contributed by atoms with Crippen LogP contribution in [0.15, 0.2) is 4.99 Å². The van der Waals surface area contributed by atoms with Crippen molar-refractivity contribution < 1.29 is 48.3 Å². The third-order valence-corrected chi connectivity index (χ3v) is 10.5. The van der Waals surface area contributed by atoms with E-state index in [4.69, 9.17) is 17.2 Å². The topological polar surface area (TPSA) is 352 Å². The van der Waals surface area contributed by atoms with Crippen LogP contribution in [-0.2, 0) is 43.2 Å². The van der Waals surface area contributed by atoms with Crippen LogP contribution in [0.2, 0.25) is 0 Å². The Morgan fingerprint density at radius 3 is 1.62 bits per heavy atom. The van der Waals surface area contributed by atoms with E-state index in [-0.39, 0.29) is 88.3 Å². The number of carboxylic acid groups (broad SMARTS) is 1. The normalized spacial score (nSPS) is 25.2. The second-order valence-electron chi connectivity index (χ2n) is 17.6. The van der Waals surface area contributed by atoms with Gasteiger partial charge in [0.1, 0.15) is 42.3 Å². The maximum atomic E-state index is 14.3. The zero-order valence-electron chi connectivity index (χ0n) is 37.6. The molecule has 7 atom stereocenters. The van der Waals surface area contributed by atoms with Crippen LogP contribution < -0.4 is 54.4 Å². The lowest BCUT2D eigenvalue weighted by atomic mass is 9.99. The van der Waals surface area contributed by atoms with Crippen molar-refractivity contribution >= 4 is 59.2 Å². The first-order chi connectivity index (χ1) is 29.6. The van der Waals surface area contributed by atoms with Crippen molar-refractivity contribution in [2.75, 3.05) is 26.2 Å². The Labute approximate surface area is 369 Å². The summed E-state index contributed by atoms with van der Waals surface area (Å²) in [7, 11) is 0. The average Bonchev–Trinajstić information content (AvgIpc) is 3.68. The van der Waals surface area contributed by atoms with E-state index in [1.54, 1.807) is 27.7 Å². The number of fused-ring (bicyclic) bond motifs is 1. The molecule has 2 fully saturated rings. The molecule has 0 bridgehead atoms. The number of nitrogens with one attached hydrogen (secondary N) is 7. The summed E-state index contributed by atoms with van der Waals surface area (Å²) in [6.45, 7) is 10.8. The smallest absolute Gasteiger partial charge is 0.305 e. The van der Waals surface area contributed by atoms with Crippen molar-refractivity contribution in [2.45, 2.75) is 154 Å². The van der Waals surface area contributed by atoms with Gasteiger partial charge in [-0.1, -0.05) is 41.5 Å². The SMILES string of the molecule is CC(C)C[C@@H]1NC(=O)CNC(=O)[C@@H]2CCCN2C(=O)[C@H](CCCN=C(N)N)NC(=O)[C@H](CCCCN)NC(=O)[C@H](CC(C)C)NC(=O)[C@H](CC(=O)O)NC(=O)[C@@H](CC(C)C)NC1=O. The number of hydrogen-bond donors (Lipinski definition) is 11. The number of unbranched alkanes of at least 4 members (excludes halogenated alkanes) is 1. The predicted octanol–water partition coefficient (Wildman–Crippen LogP) is -2.19. The predicted molar refractivity (Wildman–Crippen MR) is 233 cm³/mol. The molecule has 2 heterocycles. The molecule has 2 aliphatic rings. The van der Waals surface area contributed by atoms with Gasteiger partial charge in [0.2, 0.25) is 47.3 Å². The van der Waals surface area contributed by atoms with Crippen molar-refractivity contribution in [2.24, 2.45) is 39.9 Å². The minimum absolute atomic E-state index is 0.0398. The summed E-state index contributed by atoms with van der Waals surface area (Å²) in [6, 6.07) is -8.89. The highest BCUT2D eigenvalue weighted by Gasteiger charge is 2.39. The zero-order valence-corrected chi connectivity index (χ0v) is 37.6. The zero-order chi connectivity index (χ0) is 47.4. The Bertz CT molecular complexity index is 1640. The summed E-state index contributed by atoms with van der Waals surface area (Å²) >= 11 is 0. The molecule has 0 radical (unpaired) electrons. The minimum atomic E-state index is -1.70. The summed E-state index contributed by atoms with van der Waals surface area (Å²) in [6.07, 6.45) is 1.32. The minimum Gasteiger partial charge on any atom is -0.481 e. The van der Waals surface area contributed by atoms with E-state index in [2.05, 4.69) is 42.2 Å². The Hall–Kier alpha value is -5.54. The number of aliphatic carboxylic acids is 1. The molecule has 63 heavy (non-hydrogen) atoms. The molecule has 0 spiro atoms. The Morgan fingerprint density at radius 2 is 1.11 bits per heavy atom. The maximum Gasteiger partial charge on any atom is 0.305 e. The van der Waals surface area contributed by atoms with Crippen LogP contribution in [0.5, 0.6) is 0 Å². The average molecular weight is 893 g/mol. The first-order valence-electron chi connectivity index (χ1n) is 22.0. The lowest BCUT2D eigenvalue weighted by Crippen LogP contribution is -2.61. The summed E-state index contributed by atoms with van der Waals surface area (Å²) in [5.74, 6) is -8.16. The fourth-order valence-corrected chi connectivity index (χ4v) is 7.41. The monoisotopic (exact) mass is 893 g/mol. The quantitative estimate of drug-likeness (QED) is 0.0446. The van der Waals surface area contributed by atoms with Gasteiger partial charge in [-0.15, -0.1) is 0 Å². The van der Waals surface area contributed by atoms with E-state index in [0.717, 1.165) is 0 Å². The van der Waals surface area contributed by atoms with Crippen LogP contribution in [0.4, 0.5) is 0 Å². The number of rotatable bonds is 16. The van der Waals surface area contributed by atoms with E-state index in [9.17, 15) is 48.3 Å². The molecular weight excluding hydrogens is 821 g/mol. The molecule has 14 N–H and O–H groups in total. The van der Waals surface area contributed by atoms with Gasteiger partial charge in [0.05, 0.1) is 13.0 Å². The number of guanidine groups is 1. The van der Waals surface area contributed by atoms with E-state index < -0.39 is 108 Å². The molecule has 22 nitrogen and oxygen atoms in total. The Kier molecular flexibility index (Phi) is 22.8. The van der Waals surface area contributed by atoms with Gasteiger partial charge < -0.3 is 64.4 Å². The highest BCUT2D eigenvalue weighted by Crippen LogP contribution is 2.20. The largest absolute Gasteiger partial charge is 0.481 e. The van der Waals surface area contributed by atoms with Gasteiger partial charge in [-0.3, -0.25) is 48.1 Å². The van der Waals surface area contributed by atoms with Gasteiger partial charge in [0.25, 0.3) is 0 Å². The van der Waals surface area contributed by atoms with Gasteiger partial charge in [-0.2, -0.15) is 0 Å². The molecule has 0 saturated carbocycles. The summed E-state index contributed by atoms with van der Waals surface area (Å²) in [4.78, 5) is 128. The molecule has 0 aliphatic carbocycles. The molecule has 0 aromatic carbocycles. The van der Waals surface area contributed by atoms with Crippen LogP contribution in [-0.4, -0.2) is 138 Å². The van der Waals surface area contributed by atoms with Crippen molar-refractivity contribution in [3.8, 4) is 0 Å². The number of carbonyl (C=O) groups is 9. The van der Waals surface area contributed by atoms with Crippen LogP contribution in [0.1, 0.15) is 112 Å². The molecule has 0 aromatic rings. The molecule has 22 heteroatoms. The third kappa shape index (κ3) is 19.2. The number of carbonyl (C=O) groups excluding carboxylic acids is 8. The standard InChI is InChI=1S/C41H72N12O10/c1-22(2)17-27-35(58)50-29(19-24(5)6)37(60)52-30(20-33(55)56)38(61)51-28(18-23(3)4)36(59)48-25(11-7-8-14-42)34(57)49-26(12-9-15-45-41(43)44)40(63)53-16-10-13-31(53)39(62)46-21-32(54)47-27/h22-31H,7-21,42H2,1-6H3,(H,46,62)(H,47,54)(H,48,59)(H,49,57)(H,50,58)(H,51,61)(H,52,60)(H,55,56)(H4,43,44,45)/t25-,26-,27-,28-,29+,30-,31-/m0/s1. The second kappa shape index (κ2) is 26.8. The lowest BCUT2D eigenvalue weighted by molar-refractivity contribution is -0.142. The van der Waals surface area contributed by atoms with Crippen LogP contribution >= 0.6 is 0 Å². The highest BCUT2D eigenvalue weighted by atomic mass is 16.4. The van der Waals surface area contributed by atoms with Crippen molar-refractivity contribution in [1.29, 1.82) is 0 Å². The fraction of sp³-hybridized carbons (Fsp3) is 0.756. The number of nitrogens with two attached hydrogens (primary N) is 3. The van der Waals surface area contributed by atoms with Gasteiger partial charge in [-0.25, -0.2) is 0 Å². The van der Waals surface area contributed by atoms with Gasteiger partial charge in [-0.05, 0) is 88.5 Å². The number of carboxylic acids is 1. The number of aliphatic imine (C=N–C) groups is 1. The van der Waals surface area contributed by atoms with Gasteiger partial charge >= 0.3 is 5.97 Å². The van der Waals surface area contributed by atoms with Gasteiger partial charge in [0.15, 0.2) is 5.96 Å². The van der Waals surface area contributed by atoms with E-state index in [1.807, 2.05) is 13.8 Å². The molecular formula is C41H72N12O10. The van der Waals surface area contributed by atoms with Crippen LogP contribution in [0, 0.1) is 17.8 Å². The van der Waals surface area contributed by atoms with E-state index >= 15 is 0 Å². The summed E-state index contributed by atoms with van der Waals surface area (Å²) < 4.78 is 0. The van der Waals surface area contributed by atoms with Crippen LogP contribution in [0.25, 0.3) is 0 Å². The maximum absolute atomic E-state index is 14.3. The first kappa shape index (κ1) is 53.6. The molecule has 2 aliphatic heterocycles. The molecule has 356 valence electrons. The number of amides is 8. The van der Waals surface area contributed by atoms with E-state index in [0.29, 0.717) is 19.3 Å². The van der Waals surface area contributed by atoms with Crippen molar-refractivity contribution in [3.05, 3.63) is 0 Å². The molecule has 8 amide bonds. The Morgan fingerprint density at radius 1 is 0.651 bits per heavy atom. The van der Waals surface area contributed by atoms with Crippen LogP contribution in [0.3, 0.4) is 0 Å². The molecule has 2 rings (SSSR count). The number of nitrogens with zero attached hydrogens (tertiary/aromatic N) is 2. The lowest BCUT2D eigenvalue weighted by Gasteiger charge is -2.31. The molecule has 0 aromatic heterocycles. The second-order valence-corrected chi connectivity index (χ2v) is 17.6.